The lowest BCUT2D eigenvalue weighted by atomic mass is 9.82. The first kappa shape index (κ1) is 11.9. The molecule has 4 heteroatoms. The minimum absolute atomic E-state index is 0.0879. The molecule has 2 fully saturated rings. The summed E-state index contributed by atoms with van der Waals surface area (Å²) in [6, 6.07) is -0.376. The average Bonchev–Trinajstić information content (AvgIpc) is 2.73. The monoisotopic (exact) mass is 226 g/mol. The second-order valence-electron chi connectivity index (χ2n) is 5.39. The van der Waals surface area contributed by atoms with E-state index >= 15 is 0 Å². The van der Waals surface area contributed by atoms with Crippen molar-refractivity contribution in [3.63, 3.8) is 0 Å². The fourth-order valence-electron chi connectivity index (χ4n) is 3.39. The van der Waals surface area contributed by atoms with Gasteiger partial charge >= 0.3 is 0 Å². The molecular weight excluding hydrogens is 204 g/mol. The van der Waals surface area contributed by atoms with Gasteiger partial charge in [-0.05, 0) is 25.7 Å². The van der Waals surface area contributed by atoms with Gasteiger partial charge in [0.05, 0.1) is 12.6 Å². The number of rotatable bonds is 3. The molecule has 2 rings (SSSR count). The number of carbonyl (C=O) groups excluding carboxylic acids is 1. The number of nitrogens with two attached hydrogens (primary N) is 1. The Morgan fingerprint density at radius 2 is 2.44 bits per heavy atom. The summed E-state index contributed by atoms with van der Waals surface area (Å²) in [5, 5.41) is 0. The van der Waals surface area contributed by atoms with E-state index in [1.807, 2.05) is 4.90 Å². The fraction of sp³-hybridized carbons (Fsp3) is 0.917. The largest absolute Gasteiger partial charge is 0.384 e. The maximum atomic E-state index is 11.9. The van der Waals surface area contributed by atoms with E-state index in [0.717, 1.165) is 19.7 Å². The fourth-order valence-corrected chi connectivity index (χ4v) is 3.39. The summed E-state index contributed by atoms with van der Waals surface area (Å²) in [4.78, 5) is 13.8. The number of carbonyl (C=O) groups is 1. The normalized spacial score (nSPS) is 35.2. The van der Waals surface area contributed by atoms with Gasteiger partial charge in [-0.15, -0.1) is 0 Å². The highest BCUT2D eigenvalue weighted by atomic mass is 16.5. The Hall–Kier alpha value is -0.610. The van der Waals surface area contributed by atoms with Crippen LogP contribution < -0.4 is 5.73 Å². The molecule has 92 valence electrons. The minimum Gasteiger partial charge on any atom is -0.384 e. The van der Waals surface area contributed by atoms with Gasteiger partial charge in [-0.2, -0.15) is 0 Å². The lowest BCUT2D eigenvalue weighted by Crippen LogP contribution is -2.42. The van der Waals surface area contributed by atoms with Crippen LogP contribution in [0.1, 0.15) is 26.2 Å². The summed E-state index contributed by atoms with van der Waals surface area (Å²) in [6.07, 6.45) is 3.69. The van der Waals surface area contributed by atoms with E-state index in [1.54, 1.807) is 14.0 Å². The van der Waals surface area contributed by atoms with Crippen molar-refractivity contribution in [2.45, 2.75) is 32.2 Å². The molecule has 2 aliphatic rings. The number of fused-ring (bicyclic) bond motifs is 1. The Morgan fingerprint density at radius 3 is 3.06 bits per heavy atom. The molecule has 0 spiro atoms. The van der Waals surface area contributed by atoms with Gasteiger partial charge in [0.25, 0.3) is 0 Å². The first-order valence-electron chi connectivity index (χ1n) is 6.12. The molecular formula is C12H22N2O2. The van der Waals surface area contributed by atoms with Crippen molar-refractivity contribution in [2.24, 2.45) is 17.1 Å². The standard InChI is InChI=1S/C12H22N2O2/c1-9(13)11(15)14-6-10-4-3-5-12(10,7-14)8-16-2/h9-10H,3-8,13H2,1-2H3/t9-,10-,12+/m0/s1. The molecule has 2 N–H and O–H groups in total. The van der Waals surface area contributed by atoms with Crippen molar-refractivity contribution < 1.29 is 9.53 Å². The molecule has 1 heterocycles. The molecule has 0 aromatic carbocycles. The van der Waals surface area contributed by atoms with Crippen LogP contribution in [0.4, 0.5) is 0 Å². The molecule has 0 aromatic heterocycles. The highest BCUT2D eigenvalue weighted by Crippen LogP contribution is 2.48. The smallest absolute Gasteiger partial charge is 0.239 e. The third-order valence-electron chi connectivity index (χ3n) is 4.17. The molecule has 16 heavy (non-hydrogen) atoms. The maximum Gasteiger partial charge on any atom is 0.239 e. The van der Waals surface area contributed by atoms with Crippen LogP contribution in [-0.4, -0.2) is 43.7 Å². The summed E-state index contributed by atoms with van der Waals surface area (Å²) in [6.45, 7) is 4.26. The van der Waals surface area contributed by atoms with Gasteiger partial charge in [-0.3, -0.25) is 4.79 Å². The molecule has 1 saturated heterocycles. The summed E-state index contributed by atoms with van der Waals surface area (Å²) >= 11 is 0. The van der Waals surface area contributed by atoms with Gasteiger partial charge in [-0.25, -0.2) is 0 Å². The molecule has 0 aromatic rings. The number of ether oxygens (including phenoxy) is 1. The van der Waals surface area contributed by atoms with Crippen molar-refractivity contribution in [1.82, 2.24) is 4.90 Å². The van der Waals surface area contributed by atoms with Gasteiger partial charge in [0, 0.05) is 25.6 Å². The van der Waals surface area contributed by atoms with E-state index in [0.29, 0.717) is 5.92 Å². The van der Waals surface area contributed by atoms with Crippen LogP contribution in [0.15, 0.2) is 0 Å². The van der Waals surface area contributed by atoms with E-state index < -0.39 is 0 Å². The molecule has 0 bridgehead atoms. The second-order valence-corrected chi connectivity index (χ2v) is 5.39. The van der Waals surface area contributed by atoms with Crippen molar-refractivity contribution in [2.75, 3.05) is 26.8 Å². The van der Waals surface area contributed by atoms with Gasteiger partial charge in [-0.1, -0.05) is 6.42 Å². The van der Waals surface area contributed by atoms with E-state index in [2.05, 4.69) is 0 Å². The Kier molecular flexibility index (Phi) is 3.22. The second kappa shape index (κ2) is 4.34. The van der Waals surface area contributed by atoms with Crippen molar-refractivity contribution in [1.29, 1.82) is 0 Å². The van der Waals surface area contributed by atoms with Crippen LogP contribution >= 0.6 is 0 Å². The van der Waals surface area contributed by atoms with E-state index in [9.17, 15) is 4.79 Å². The molecule has 1 saturated carbocycles. The van der Waals surface area contributed by atoms with Gasteiger partial charge in [0.15, 0.2) is 0 Å². The van der Waals surface area contributed by atoms with Crippen LogP contribution in [0.5, 0.6) is 0 Å². The van der Waals surface area contributed by atoms with Crippen LogP contribution in [0.2, 0.25) is 0 Å². The Balaban J connectivity index is 2.07. The summed E-state index contributed by atoms with van der Waals surface area (Å²) < 4.78 is 5.35. The molecule has 1 aliphatic carbocycles. The first-order valence-corrected chi connectivity index (χ1v) is 6.12. The number of hydrogen-bond donors (Lipinski definition) is 1. The average molecular weight is 226 g/mol. The third-order valence-corrected chi connectivity index (χ3v) is 4.17. The van der Waals surface area contributed by atoms with Gasteiger partial charge in [0.1, 0.15) is 0 Å². The number of likely N-dealkylation sites (tertiary alicyclic amines) is 1. The number of nitrogens with zero attached hydrogens (tertiary/aromatic N) is 1. The minimum atomic E-state index is -0.376. The van der Waals surface area contributed by atoms with Crippen LogP contribution in [0.3, 0.4) is 0 Å². The Morgan fingerprint density at radius 1 is 1.69 bits per heavy atom. The van der Waals surface area contributed by atoms with Crippen molar-refractivity contribution in [3.05, 3.63) is 0 Å². The highest BCUT2D eigenvalue weighted by Gasteiger charge is 2.50. The van der Waals surface area contributed by atoms with Gasteiger partial charge < -0.3 is 15.4 Å². The van der Waals surface area contributed by atoms with Crippen LogP contribution in [-0.2, 0) is 9.53 Å². The van der Waals surface area contributed by atoms with E-state index in [-0.39, 0.29) is 17.4 Å². The third kappa shape index (κ3) is 1.84. The van der Waals surface area contributed by atoms with Crippen LogP contribution in [0.25, 0.3) is 0 Å². The van der Waals surface area contributed by atoms with E-state index in [4.69, 9.17) is 10.5 Å². The topological polar surface area (TPSA) is 55.6 Å². The molecule has 3 atom stereocenters. The van der Waals surface area contributed by atoms with Gasteiger partial charge in [0.2, 0.25) is 5.91 Å². The molecule has 0 radical (unpaired) electrons. The maximum absolute atomic E-state index is 11.9. The zero-order chi connectivity index (χ0) is 11.8. The predicted octanol–water partition coefficient (Wildman–Crippen LogP) is 0.609. The summed E-state index contributed by atoms with van der Waals surface area (Å²) in [5.41, 5.74) is 5.88. The molecule has 1 aliphatic heterocycles. The SMILES string of the molecule is COC[C@]12CCC[C@H]1CN(C(=O)[C@H](C)N)C2. The highest BCUT2D eigenvalue weighted by molar-refractivity contribution is 5.81. The van der Waals surface area contributed by atoms with E-state index in [1.165, 1.54) is 19.3 Å². The quantitative estimate of drug-likeness (QED) is 0.767. The zero-order valence-corrected chi connectivity index (χ0v) is 10.2. The number of amides is 1. The van der Waals surface area contributed by atoms with Crippen molar-refractivity contribution >= 4 is 5.91 Å². The summed E-state index contributed by atoms with van der Waals surface area (Å²) in [5.74, 6) is 0.708. The number of methoxy groups -OCH3 is 1. The lowest BCUT2D eigenvalue weighted by Gasteiger charge is -2.28. The predicted molar refractivity (Wildman–Crippen MR) is 61.9 cm³/mol. The molecule has 4 nitrogen and oxygen atoms in total. The molecule has 1 amide bonds. The first-order chi connectivity index (χ1) is 7.59. The molecule has 0 unspecified atom stereocenters. The number of hydrogen-bond acceptors (Lipinski definition) is 3. The van der Waals surface area contributed by atoms with Crippen molar-refractivity contribution in [3.8, 4) is 0 Å². The lowest BCUT2D eigenvalue weighted by molar-refractivity contribution is -0.131. The Bertz CT molecular complexity index is 280. The van der Waals surface area contributed by atoms with Crippen LogP contribution in [0, 0.1) is 11.3 Å². The summed E-state index contributed by atoms with van der Waals surface area (Å²) in [7, 11) is 1.75. The zero-order valence-electron chi connectivity index (χ0n) is 10.2. The Labute approximate surface area is 97.1 Å².